The van der Waals surface area contributed by atoms with Gasteiger partial charge in [-0.05, 0) is 48.5 Å². The Morgan fingerprint density at radius 3 is 2.96 bits per heavy atom. The Kier molecular flexibility index (Phi) is 5.28. The molecule has 2 aliphatic heterocycles. The lowest BCUT2D eigenvalue weighted by molar-refractivity contribution is -0.117. The smallest absolute Gasteiger partial charge is 0.239 e. The van der Waals surface area contributed by atoms with Crippen molar-refractivity contribution in [3.63, 3.8) is 0 Å². The number of carbonyl (C=O) groups excluding carboxylic acids is 1. The van der Waals surface area contributed by atoms with Crippen LogP contribution in [0.5, 0.6) is 11.5 Å². The molecule has 1 atom stereocenters. The van der Waals surface area contributed by atoms with Gasteiger partial charge in [-0.15, -0.1) is 11.3 Å². The molecule has 0 bridgehead atoms. The first-order valence-corrected chi connectivity index (χ1v) is 10.0. The predicted molar refractivity (Wildman–Crippen MR) is 103 cm³/mol. The van der Waals surface area contributed by atoms with E-state index in [9.17, 15) is 4.79 Å². The monoisotopic (exact) mass is 383 g/mol. The number of nitrogens with one attached hydrogen (secondary N) is 1. The van der Waals surface area contributed by atoms with Crippen molar-refractivity contribution >= 4 is 22.2 Å². The average Bonchev–Trinajstić information content (AvgIpc) is 3.24. The van der Waals surface area contributed by atoms with Crippen molar-refractivity contribution in [2.24, 2.45) is 0 Å². The van der Waals surface area contributed by atoms with Crippen molar-refractivity contribution in [1.82, 2.24) is 4.90 Å². The normalized spacial score (nSPS) is 19.3. The van der Waals surface area contributed by atoms with Gasteiger partial charge in [-0.3, -0.25) is 9.69 Å². The van der Waals surface area contributed by atoms with E-state index in [0.29, 0.717) is 30.3 Å². The van der Waals surface area contributed by atoms with Gasteiger partial charge in [0.2, 0.25) is 5.91 Å². The highest BCUT2D eigenvalue weighted by atomic mass is 32.1. The Balaban J connectivity index is 1.45. The molecule has 2 aliphatic rings. The highest BCUT2D eigenvalue weighted by Gasteiger charge is 2.28. The van der Waals surface area contributed by atoms with Crippen LogP contribution in [0.4, 0.5) is 5.00 Å². The number of ether oxygens (including phenoxy) is 2. The molecular formula is C20H21N3O3S. The second-order valence-electron chi connectivity index (χ2n) is 6.71. The highest BCUT2D eigenvalue weighted by molar-refractivity contribution is 7.14. The predicted octanol–water partition coefficient (Wildman–Crippen LogP) is 3.56. The van der Waals surface area contributed by atoms with Gasteiger partial charge < -0.3 is 14.8 Å². The third kappa shape index (κ3) is 3.92. The van der Waals surface area contributed by atoms with Crippen molar-refractivity contribution < 1.29 is 14.3 Å². The number of fused-ring (bicyclic) bond motifs is 1. The first-order chi connectivity index (χ1) is 13.2. The molecule has 6 nitrogen and oxygen atoms in total. The lowest BCUT2D eigenvalue weighted by Gasteiger charge is -2.24. The summed E-state index contributed by atoms with van der Waals surface area (Å²) >= 11 is 1.37. The van der Waals surface area contributed by atoms with Gasteiger partial charge in [0, 0.05) is 12.5 Å². The Bertz CT molecular complexity index is 874. The van der Waals surface area contributed by atoms with Gasteiger partial charge in [-0.1, -0.05) is 6.07 Å². The first-order valence-electron chi connectivity index (χ1n) is 9.15. The van der Waals surface area contributed by atoms with E-state index in [1.807, 2.05) is 11.4 Å². The zero-order valence-corrected chi connectivity index (χ0v) is 15.8. The molecule has 0 aliphatic carbocycles. The molecule has 1 N–H and O–H groups in total. The molecule has 1 fully saturated rings. The lowest BCUT2D eigenvalue weighted by atomic mass is 10.0. The van der Waals surface area contributed by atoms with Gasteiger partial charge >= 0.3 is 0 Å². The number of carbonyl (C=O) groups is 1. The van der Waals surface area contributed by atoms with Crippen LogP contribution in [0.15, 0.2) is 29.6 Å². The van der Waals surface area contributed by atoms with Gasteiger partial charge in [-0.2, -0.15) is 5.26 Å². The van der Waals surface area contributed by atoms with E-state index in [0.717, 1.165) is 42.9 Å². The van der Waals surface area contributed by atoms with Crippen molar-refractivity contribution in [2.75, 3.05) is 31.6 Å². The maximum atomic E-state index is 12.5. The molecule has 3 heterocycles. The van der Waals surface area contributed by atoms with E-state index < -0.39 is 0 Å². The number of nitrogens with zero attached hydrogens (tertiary/aromatic N) is 2. The molecule has 0 saturated carbocycles. The van der Waals surface area contributed by atoms with Gasteiger partial charge in [0.25, 0.3) is 0 Å². The van der Waals surface area contributed by atoms with Gasteiger partial charge in [0.05, 0.1) is 25.3 Å². The van der Waals surface area contributed by atoms with Crippen LogP contribution in [-0.4, -0.2) is 37.1 Å². The largest absolute Gasteiger partial charge is 0.490 e. The van der Waals surface area contributed by atoms with Crippen LogP contribution < -0.4 is 14.8 Å². The number of thiophene rings is 1. The molecule has 2 aromatic rings. The van der Waals surface area contributed by atoms with Crippen molar-refractivity contribution in [1.29, 1.82) is 5.26 Å². The van der Waals surface area contributed by atoms with Crippen LogP contribution in [0.2, 0.25) is 0 Å². The summed E-state index contributed by atoms with van der Waals surface area (Å²) in [6.07, 6.45) is 2.94. The Hall–Kier alpha value is -2.56. The summed E-state index contributed by atoms with van der Waals surface area (Å²) in [5.41, 5.74) is 1.66. The number of hydrogen-bond donors (Lipinski definition) is 1. The molecule has 27 heavy (non-hydrogen) atoms. The fourth-order valence-electron chi connectivity index (χ4n) is 3.62. The van der Waals surface area contributed by atoms with E-state index >= 15 is 0 Å². The lowest BCUT2D eigenvalue weighted by Crippen LogP contribution is -2.32. The van der Waals surface area contributed by atoms with Crippen LogP contribution in [0.3, 0.4) is 0 Å². The minimum Gasteiger partial charge on any atom is -0.490 e. The zero-order chi connectivity index (χ0) is 18.6. The van der Waals surface area contributed by atoms with E-state index in [-0.39, 0.29) is 11.9 Å². The molecular weight excluding hydrogens is 362 g/mol. The van der Waals surface area contributed by atoms with Crippen molar-refractivity contribution in [3.8, 4) is 17.6 Å². The number of likely N-dealkylation sites (tertiary alicyclic amines) is 1. The second kappa shape index (κ2) is 7.99. The van der Waals surface area contributed by atoms with Gasteiger partial charge in [0.1, 0.15) is 11.1 Å². The van der Waals surface area contributed by atoms with Crippen LogP contribution in [-0.2, 0) is 4.79 Å². The van der Waals surface area contributed by atoms with Gasteiger partial charge in [-0.25, -0.2) is 0 Å². The number of nitriles is 1. The molecule has 1 aromatic heterocycles. The number of amides is 1. The summed E-state index contributed by atoms with van der Waals surface area (Å²) < 4.78 is 11.5. The van der Waals surface area contributed by atoms with Crippen LogP contribution in [0, 0.1) is 11.3 Å². The highest BCUT2D eigenvalue weighted by Crippen LogP contribution is 2.37. The molecule has 7 heteroatoms. The third-order valence-corrected chi connectivity index (χ3v) is 5.74. The maximum Gasteiger partial charge on any atom is 0.239 e. The van der Waals surface area contributed by atoms with Crippen LogP contribution in [0.1, 0.15) is 36.4 Å². The minimum absolute atomic E-state index is 0.0878. The van der Waals surface area contributed by atoms with Gasteiger partial charge in [0.15, 0.2) is 11.5 Å². The first kappa shape index (κ1) is 17.8. The minimum atomic E-state index is -0.0878. The second-order valence-corrected chi connectivity index (χ2v) is 7.62. The molecule has 1 aromatic carbocycles. The summed E-state index contributed by atoms with van der Waals surface area (Å²) in [5, 5.41) is 14.4. The Morgan fingerprint density at radius 1 is 1.26 bits per heavy atom. The van der Waals surface area contributed by atoms with E-state index in [2.05, 4.69) is 28.4 Å². The Morgan fingerprint density at radius 2 is 2.11 bits per heavy atom. The molecule has 0 radical (unpaired) electrons. The molecule has 140 valence electrons. The quantitative estimate of drug-likeness (QED) is 0.874. The molecule has 4 rings (SSSR count). The fourth-order valence-corrected chi connectivity index (χ4v) is 4.38. The summed E-state index contributed by atoms with van der Waals surface area (Å²) in [4.78, 5) is 14.7. The summed E-state index contributed by atoms with van der Waals surface area (Å²) in [6, 6.07) is 10.1. The third-order valence-electron chi connectivity index (χ3n) is 4.91. The molecule has 1 saturated heterocycles. The molecule has 0 spiro atoms. The maximum absolute atomic E-state index is 12.5. The van der Waals surface area contributed by atoms with Crippen molar-refractivity contribution in [3.05, 3.63) is 40.8 Å². The number of rotatable bonds is 4. The Labute approximate surface area is 162 Å². The number of benzene rings is 1. The standard InChI is InChI=1S/C20H21N3O3S/c21-12-15-6-10-27-20(15)22-19(24)13-23-7-1-3-16(23)14-4-5-17-18(11-14)26-9-2-8-25-17/h4-6,10-11,16H,1-3,7-9,13H2,(H,22,24). The van der Waals surface area contributed by atoms with Crippen LogP contribution >= 0.6 is 11.3 Å². The zero-order valence-electron chi connectivity index (χ0n) is 14.9. The fraction of sp³-hybridized carbons (Fsp3) is 0.400. The SMILES string of the molecule is N#Cc1ccsc1NC(=O)CN1CCCC1c1ccc2c(c1)OCCCO2. The molecule has 1 amide bonds. The van der Waals surface area contributed by atoms with E-state index in [1.54, 1.807) is 6.07 Å². The number of anilines is 1. The van der Waals surface area contributed by atoms with Crippen LogP contribution in [0.25, 0.3) is 0 Å². The number of hydrogen-bond acceptors (Lipinski definition) is 6. The topological polar surface area (TPSA) is 74.6 Å². The summed E-state index contributed by atoms with van der Waals surface area (Å²) in [6.45, 7) is 2.52. The average molecular weight is 383 g/mol. The van der Waals surface area contributed by atoms with E-state index in [1.165, 1.54) is 11.3 Å². The molecule has 1 unspecified atom stereocenters. The van der Waals surface area contributed by atoms with E-state index in [4.69, 9.17) is 14.7 Å². The van der Waals surface area contributed by atoms with Crippen molar-refractivity contribution in [2.45, 2.75) is 25.3 Å². The summed E-state index contributed by atoms with van der Waals surface area (Å²) in [5.74, 6) is 1.49. The summed E-state index contributed by atoms with van der Waals surface area (Å²) in [7, 11) is 0.